The average Bonchev–Trinajstić information content (AvgIpc) is 2.83. The Hall–Kier alpha value is -1.60. The number of hydrogen-bond donors (Lipinski definition) is 1. The number of hydrogen-bond acceptors (Lipinski definition) is 1. The minimum Gasteiger partial charge on any atom is -0.330 e. The van der Waals surface area contributed by atoms with Gasteiger partial charge in [-0.15, -0.1) is 0 Å². The topological polar surface area (TPSA) is 26.0 Å². The zero-order valence-corrected chi connectivity index (χ0v) is 12.4. The van der Waals surface area contributed by atoms with Crippen LogP contribution in [0.5, 0.6) is 0 Å². The first-order valence-corrected chi connectivity index (χ1v) is 7.50. The first-order valence-electron chi connectivity index (χ1n) is 7.50. The van der Waals surface area contributed by atoms with E-state index < -0.39 is 0 Å². The van der Waals surface area contributed by atoms with E-state index in [1.807, 2.05) is 0 Å². The standard InChI is InChI=1S/C19H23N/c1-14-6-5-7-15(2)17(14)12-19(13-20)11-10-16-8-3-4-9-18(16)19/h3-9H,10-13,20H2,1-2H3. The number of aryl methyl sites for hydroxylation is 3. The van der Waals surface area contributed by atoms with E-state index in [2.05, 4.69) is 56.3 Å². The minimum absolute atomic E-state index is 0.132. The molecule has 0 aliphatic heterocycles. The lowest BCUT2D eigenvalue weighted by atomic mass is 9.75. The van der Waals surface area contributed by atoms with Crippen molar-refractivity contribution in [1.82, 2.24) is 0 Å². The molecule has 1 aliphatic carbocycles. The first kappa shape index (κ1) is 13.4. The van der Waals surface area contributed by atoms with Crippen molar-refractivity contribution in [2.24, 2.45) is 5.73 Å². The van der Waals surface area contributed by atoms with Gasteiger partial charge in [0, 0.05) is 12.0 Å². The summed E-state index contributed by atoms with van der Waals surface area (Å²) in [5.74, 6) is 0. The molecule has 0 saturated carbocycles. The van der Waals surface area contributed by atoms with Crippen LogP contribution in [0.4, 0.5) is 0 Å². The van der Waals surface area contributed by atoms with Gasteiger partial charge >= 0.3 is 0 Å². The number of nitrogens with two attached hydrogens (primary N) is 1. The van der Waals surface area contributed by atoms with E-state index in [0.717, 1.165) is 19.4 Å². The van der Waals surface area contributed by atoms with Crippen LogP contribution in [0.3, 0.4) is 0 Å². The number of benzene rings is 2. The van der Waals surface area contributed by atoms with Crippen LogP contribution in [0.15, 0.2) is 42.5 Å². The van der Waals surface area contributed by atoms with E-state index in [9.17, 15) is 0 Å². The zero-order valence-electron chi connectivity index (χ0n) is 12.4. The van der Waals surface area contributed by atoms with Crippen molar-refractivity contribution in [1.29, 1.82) is 0 Å². The number of rotatable bonds is 3. The lowest BCUT2D eigenvalue weighted by molar-refractivity contribution is 0.430. The van der Waals surface area contributed by atoms with Crippen LogP contribution in [0.1, 0.15) is 34.2 Å². The SMILES string of the molecule is Cc1cccc(C)c1CC1(CN)CCc2ccccc21. The molecule has 3 rings (SSSR count). The Bertz CT molecular complexity index is 609. The molecule has 0 aromatic heterocycles. The van der Waals surface area contributed by atoms with Crippen molar-refractivity contribution >= 4 is 0 Å². The van der Waals surface area contributed by atoms with Gasteiger partial charge in [0.05, 0.1) is 0 Å². The molecular formula is C19H23N. The highest BCUT2D eigenvalue weighted by atomic mass is 14.6. The van der Waals surface area contributed by atoms with Gasteiger partial charge in [-0.05, 0) is 60.9 Å². The Balaban J connectivity index is 2.04. The maximum absolute atomic E-state index is 6.23. The highest BCUT2D eigenvalue weighted by Gasteiger charge is 2.37. The highest BCUT2D eigenvalue weighted by Crippen LogP contribution is 2.41. The molecule has 0 bridgehead atoms. The van der Waals surface area contributed by atoms with E-state index in [1.165, 1.54) is 34.2 Å². The van der Waals surface area contributed by atoms with Gasteiger partial charge in [-0.1, -0.05) is 42.5 Å². The maximum Gasteiger partial charge on any atom is 0.0122 e. The summed E-state index contributed by atoms with van der Waals surface area (Å²) in [6.45, 7) is 5.17. The molecule has 0 spiro atoms. The summed E-state index contributed by atoms with van der Waals surface area (Å²) in [7, 11) is 0. The molecule has 0 heterocycles. The minimum atomic E-state index is 0.132. The molecule has 1 heteroatoms. The fraction of sp³-hybridized carbons (Fsp3) is 0.368. The van der Waals surface area contributed by atoms with Gasteiger partial charge in [0.15, 0.2) is 0 Å². The molecule has 2 aromatic rings. The maximum atomic E-state index is 6.23. The Kier molecular flexibility index (Phi) is 3.39. The second-order valence-corrected chi connectivity index (χ2v) is 6.19. The van der Waals surface area contributed by atoms with Crippen molar-refractivity contribution in [3.63, 3.8) is 0 Å². The van der Waals surface area contributed by atoms with Crippen molar-refractivity contribution < 1.29 is 0 Å². The third-order valence-corrected chi connectivity index (χ3v) is 5.01. The van der Waals surface area contributed by atoms with Crippen molar-refractivity contribution in [2.45, 2.75) is 38.5 Å². The van der Waals surface area contributed by atoms with Crippen LogP contribution in [-0.2, 0) is 18.3 Å². The molecule has 1 unspecified atom stereocenters. The molecular weight excluding hydrogens is 242 g/mol. The Morgan fingerprint density at radius 1 is 1.00 bits per heavy atom. The van der Waals surface area contributed by atoms with E-state index >= 15 is 0 Å². The van der Waals surface area contributed by atoms with Crippen LogP contribution >= 0.6 is 0 Å². The van der Waals surface area contributed by atoms with Gasteiger partial charge < -0.3 is 5.73 Å². The van der Waals surface area contributed by atoms with Crippen LogP contribution in [0, 0.1) is 13.8 Å². The van der Waals surface area contributed by atoms with Crippen LogP contribution in [-0.4, -0.2) is 6.54 Å². The molecule has 20 heavy (non-hydrogen) atoms. The average molecular weight is 265 g/mol. The summed E-state index contributed by atoms with van der Waals surface area (Å²) in [5, 5.41) is 0. The molecule has 0 amide bonds. The quantitative estimate of drug-likeness (QED) is 0.900. The first-order chi connectivity index (χ1) is 9.66. The smallest absolute Gasteiger partial charge is 0.0122 e. The molecule has 1 atom stereocenters. The monoisotopic (exact) mass is 265 g/mol. The van der Waals surface area contributed by atoms with Crippen molar-refractivity contribution in [3.05, 3.63) is 70.3 Å². The van der Waals surface area contributed by atoms with Gasteiger partial charge in [0.25, 0.3) is 0 Å². The molecule has 104 valence electrons. The fourth-order valence-electron chi connectivity index (χ4n) is 3.70. The molecule has 0 saturated heterocycles. The normalized spacial score (nSPS) is 20.9. The van der Waals surface area contributed by atoms with Crippen LogP contribution in [0.2, 0.25) is 0 Å². The summed E-state index contributed by atoms with van der Waals surface area (Å²) in [5.41, 5.74) is 13.6. The second kappa shape index (κ2) is 5.06. The predicted molar refractivity (Wildman–Crippen MR) is 85.1 cm³/mol. The number of fused-ring (bicyclic) bond motifs is 1. The summed E-state index contributed by atoms with van der Waals surface area (Å²) in [6, 6.07) is 15.4. The van der Waals surface area contributed by atoms with Gasteiger partial charge in [-0.2, -0.15) is 0 Å². The molecule has 1 nitrogen and oxygen atoms in total. The van der Waals surface area contributed by atoms with E-state index in [-0.39, 0.29) is 5.41 Å². The van der Waals surface area contributed by atoms with Gasteiger partial charge in [0.2, 0.25) is 0 Å². The lowest BCUT2D eigenvalue weighted by Crippen LogP contribution is -2.35. The third kappa shape index (κ3) is 2.06. The van der Waals surface area contributed by atoms with E-state index in [1.54, 1.807) is 0 Å². The van der Waals surface area contributed by atoms with Crippen LogP contribution < -0.4 is 5.73 Å². The van der Waals surface area contributed by atoms with Crippen molar-refractivity contribution in [2.75, 3.05) is 6.54 Å². The van der Waals surface area contributed by atoms with E-state index in [0.29, 0.717) is 0 Å². The summed E-state index contributed by atoms with van der Waals surface area (Å²) >= 11 is 0. The summed E-state index contributed by atoms with van der Waals surface area (Å²) < 4.78 is 0. The summed E-state index contributed by atoms with van der Waals surface area (Å²) in [6.07, 6.45) is 3.41. The van der Waals surface area contributed by atoms with Crippen molar-refractivity contribution in [3.8, 4) is 0 Å². The molecule has 2 aromatic carbocycles. The molecule has 2 N–H and O–H groups in total. The van der Waals surface area contributed by atoms with Gasteiger partial charge in [0.1, 0.15) is 0 Å². The largest absolute Gasteiger partial charge is 0.330 e. The Morgan fingerprint density at radius 3 is 2.40 bits per heavy atom. The third-order valence-electron chi connectivity index (χ3n) is 5.01. The Morgan fingerprint density at radius 2 is 1.70 bits per heavy atom. The van der Waals surface area contributed by atoms with Crippen LogP contribution in [0.25, 0.3) is 0 Å². The molecule has 0 fully saturated rings. The Labute approximate surface area is 121 Å². The van der Waals surface area contributed by atoms with E-state index in [4.69, 9.17) is 5.73 Å². The summed E-state index contributed by atoms with van der Waals surface area (Å²) in [4.78, 5) is 0. The zero-order chi connectivity index (χ0) is 14.2. The lowest BCUT2D eigenvalue weighted by Gasteiger charge is -2.30. The predicted octanol–water partition coefficient (Wildman–Crippen LogP) is 3.69. The highest BCUT2D eigenvalue weighted by molar-refractivity contribution is 5.44. The second-order valence-electron chi connectivity index (χ2n) is 6.19. The van der Waals surface area contributed by atoms with Gasteiger partial charge in [-0.25, -0.2) is 0 Å². The fourth-order valence-corrected chi connectivity index (χ4v) is 3.70. The molecule has 0 radical (unpaired) electrons. The van der Waals surface area contributed by atoms with Gasteiger partial charge in [-0.3, -0.25) is 0 Å². The molecule has 1 aliphatic rings.